The molecule has 1 unspecified atom stereocenters. The van der Waals surface area contributed by atoms with Gasteiger partial charge in [-0.25, -0.2) is 9.78 Å². The Morgan fingerprint density at radius 1 is 1.62 bits per heavy atom. The lowest BCUT2D eigenvalue weighted by Crippen LogP contribution is -2.28. The molecule has 2 N–H and O–H groups in total. The lowest BCUT2D eigenvalue weighted by molar-refractivity contribution is -0.137. The third kappa shape index (κ3) is 3.08. The maximum Gasteiger partial charge on any atom is 0.326 e. The second-order valence-corrected chi connectivity index (χ2v) is 3.29. The molecule has 0 aliphatic heterocycles. The second kappa shape index (κ2) is 5.29. The average molecular weight is 225 g/mol. The lowest BCUT2D eigenvalue weighted by Gasteiger charge is -2.13. The highest BCUT2D eigenvalue weighted by molar-refractivity contribution is 5.76. The van der Waals surface area contributed by atoms with Crippen LogP contribution in [0.3, 0.4) is 0 Å². The van der Waals surface area contributed by atoms with E-state index in [2.05, 4.69) is 15.3 Å². The summed E-state index contributed by atoms with van der Waals surface area (Å²) in [5.41, 5.74) is 0. The summed E-state index contributed by atoms with van der Waals surface area (Å²) in [6.45, 7) is 3.51. The molecule has 6 nitrogen and oxygen atoms in total. The van der Waals surface area contributed by atoms with Crippen LogP contribution in [0.15, 0.2) is 6.07 Å². The summed E-state index contributed by atoms with van der Waals surface area (Å²) in [6, 6.07) is 0.914. The number of aliphatic carboxylic acids is 1. The van der Waals surface area contributed by atoms with Crippen LogP contribution >= 0.6 is 0 Å². The molecule has 0 saturated heterocycles. The molecule has 0 saturated carbocycles. The summed E-state index contributed by atoms with van der Waals surface area (Å²) in [5.74, 6) is 0.494. The number of nitrogens with one attached hydrogen (secondary N) is 1. The van der Waals surface area contributed by atoms with Gasteiger partial charge in [0.05, 0.1) is 7.11 Å². The van der Waals surface area contributed by atoms with E-state index in [9.17, 15) is 4.79 Å². The zero-order valence-corrected chi connectivity index (χ0v) is 9.52. The van der Waals surface area contributed by atoms with Crippen molar-refractivity contribution in [3.8, 4) is 5.88 Å². The SMILES string of the molecule is CCC(Nc1cc(OC)nc(C)n1)C(=O)O. The van der Waals surface area contributed by atoms with Crippen LogP contribution in [0, 0.1) is 6.92 Å². The van der Waals surface area contributed by atoms with Gasteiger partial charge in [0.1, 0.15) is 17.7 Å². The molecule has 6 heteroatoms. The van der Waals surface area contributed by atoms with Gasteiger partial charge in [0.15, 0.2) is 0 Å². The van der Waals surface area contributed by atoms with Gasteiger partial charge in [0.2, 0.25) is 5.88 Å². The lowest BCUT2D eigenvalue weighted by atomic mass is 10.2. The maximum absolute atomic E-state index is 10.8. The van der Waals surface area contributed by atoms with Crippen LogP contribution in [-0.2, 0) is 4.79 Å². The minimum atomic E-state index is -0.905. The average Bonchev–Trinajstić information content (AvgIpc) is 2.24. The van der Waals surface area contributed by atoms with E-state index >= 15 is 0 Å². The molecule has 0 radical (unpaired) electrons. The van der Waals surface area contributed by atoms with E-state index in [4.69, 9.17) is 9.84 Å². The number of methoxy groups -OCH3 is 1. The van der Waals surface area contributed by atoms with Crippen molar-refractivity contribution in [1.82, 2.24) is 9.97 Å². The highest BCUT2D eigenvalue weighted by Crippen LogP contribution is 2.14. The first kappa shape index (κ1) is 12.2. The van der Waals surface area contributed by atoms with Gasteiger partial charge in [-0.15, -0.1) is 0 Å². The molecule has 1 atom stereocenters. The zero-order chi connectivity index (χ0) is 12.1. The zero-order valence-electron chi connectivity index (χ0n) is 9.52. The summed E-state index contributed by atoms with van der Waals surface area (Å²) >= 11 is 0. The molecule has 1 aromatic rings. The molecule has 0 aromatic carbocycles. The van der Waals surface area contributed by atoms with E-state index in [-0.39, 0.29) is 0 Å². The highest BCUT2D eigenvalue weighted by Gasteiger charge is 2.15. The monoisotopic (exact) mass is 225 g/mol. The van der Waals surface area contributed by atoms with Crippen LogP contribution < -0.4 is 10.1 Å². The van der Waals surface area contributed by atoms with Crippen molar-refractivity contribution in [2.45, 2.75) is 26.3 Å². The third-order valence-corrected chi connectivity index (χ3v) is 2.05. The fourth-order valence-electron chi connectivity index (χ4n) is 1.24. The molecule has 1 aromatic heterocycles. The number of nitrogens with zero attached hydrogens (tertiary/aromatic N) is 2. The van der Waals surface area contributed by atoms with E-state index in [1.807, 2.05) is 0 Å². The van der Waals surface area contributed by atoms with Crippen molar-refractivity contribution in [1.29, 1.82) is 0 Å². The Balaban J connectivity index is 2.87. The molecule has 88 valence electrons. The number of rotatable bonds is 5. The normalized spacial score (nSPS) is 11.9. The Morgan fingerprint density at radius 3 is 2.81 bits per heavy atom. The van der Waals surface area contributed by atoms with Crippen molar-refractivity contribution >= 4 is 11.8 Å². The summed E-state index contributed by atoms with van der Waals surface area (Å²) < 4.78 is 4.97. The van der Waals surface area contributed by atoms with Gasteiger partial charge in [-0.3, -0.25) is 0 Å². The number of hydrogen-bond acceptors (Lipinski definition) is 5. The van der Waals surface area contributed by atoms with Crippen molar-refractivity contribution in [2.24, 2.45) is 0 Å². The minimum absolute atomic E-state index is 0.412. The molecule has 0 fully saturated rings. The predicted molar refractivity (Wildman–Crippen MR) is 58.7 cm³/mol. The molecule has 1 heterocycles. The van der Waals surface area contributed by atoms with Crippen molar-refractivity contribution < 1.29 is 14.6 Å². The van der Waals surface area contributed by atoms with Crippen molar-refractivity contribution in [2.75, 3.05) is 12.4 Å². The largest absolute Gasteiger partial charge is 0.481 e. The molecule has 0 bridgehead atoms. The summed E-state index contributed by atoms with van der Waals surface area (Å²) in [6.07, 6.45) is 0.473. The van der Waals surface area contributed by atoms with Crippen LogP contribution in [0.1, 0.15) is 19.2 Å². The molecular formula is C10H15N3O3. The van der Waals surface area contributed by atoms with E-state index in [0.717, 1.165) is 0 Å². The second-order valence-electron chi connectivity index (χ2n) is 3.29. The van der Waals surface area contributed by atoms with E-state index in [1.165, 1.54) is 7.11 Å². The number of carboxylic acids is 1. The number of hydrogen-bond donors (Lipinski definition) is 2. The van der Waals surface area contributed by atoms with Crippen LogP contribution in [0.25, 0.3) is 0 Å². The van der Waals surface area contributed by atoms with Crippen molar-refractivity contribution in [3.05, 3.63) is 11.9 Å². The van der Waals surface area contributed by atoms with E-state index in [1.54, 1.807) is 19.9 Å². The van der Waals surface area contributed by atoms with Crippen LogP contribution in [0.5, 0.6) is 5.88 Å². The molecule has 0 aliphatic rings. The van der Waals surface area contributed by atoms with E-state index < -0.39 is 12.0 Å². The Hall–Kier alpha value is -1.85. The minimum Gasteiger partial charge on any atom is -0.481 e. The Bertz CT molecular complexity index is 382. The van der Waals surface area contributed by atoms with Gasteiger partial charge in [0.25, 0.3) is 0 Å². The first-order chi connectivity index (χ1) is 7.56. The molecule has 16 heavy (non-hydrogen) atoms. The molecule has 0 spiro atoms. The quantitative estimate of drug-likeness (QED) is 0.779. The van der Waals surface area contributed by atoms with Crippen LogP contribution in [0.2, 0.25) is 0 Å². The highest BCUT2D eigenvalue weighted by atomic mass is 16.5. The van der Waals surface area contributed by atoms with Gasteiger partial charge in [-0.05, 0) is 13.3 Å². The summed E-state index contributed by atoms with van der Waals surface area (Å²) in [4.78, 5) is 18.9. The first-order valence-corrected chi connectivity index (χ1v) is 4.95. The standard InChI is InChI=1S/C10H15N3O3/c1-4-7(10(14)15)13-8-5-9(16-3)12-6(2)11-8/h5,7H,4H2,1-3H3,(H,14,15)(H,11,12,13). The number of carbonyl (C=O) groups is 1. The Morgan fingerprint density at radius 2 is 2.31 bits per heavy atom. The number of carboxylic acid groups (broad SMARTS) is 1. The fraction of sp³-hybridized carbons (Fsp3) is 0.500. The predicted octanol–water partition coefficient (Wildman–Crippen LogP) is 1.07. The number of aryl methyl sites for hydroxylation is 1. The third-order valence-electron chi connectivity index (χ3n) is 2.05. The van der Waals surface area contributed by atoms with Gasteiger partial charge >= 0.3 is 5.97 Å². The first-order valence-electron chi connectivity index (χ1n) is 4.95. The fourth-order valence-corrected chi connectivity index (χ4v) is 1.24. The van der Waals surface area contributed by atoms with Crippen LogP contribution in [0.4, 0.5) is 5.82 Å². The molecule has 0 aliphatic carbocycles. The van der Waals surface area contributed by atoms with E-state index in [0.29, 0.717) is 23.9 Å². The molecule has 0 amide bonds. The number of ether oxygens (including phenoxy) is 1. The van der Waals surface area contributed by atoms with Crippen LogP contribution in [-0.4, -0.2) is 34.2 Å². The summed E-state index contributed by atoms with van der Waals surface area (Å²) in [5, 5.41) is 11.7. The summed E-state index contributed by atoms with van der Waals surface area (Å²) in [7, 11) is 1.50. The Labute approximate surface area is 93.7 Å². The van der Waals surface area contributed by atoms with Gasteiger partial charge < -0.3 is 15.2 Å². The molecule has 1 rings (SSSR count). The van der Waals surface area contributed by atoms with Gasteiger partial charge in [-0.1, -0.05) is 6.92 Å². The number of anilines is 1. The van der Waals surface area contributed by atoms with Crippen molar-refractivity contribution in [3.63, 3.8) is 0 Å². The van der Waals surface area contributed by atoms with Gasteiger partial charge in [0, 0.05) is 6.07 Å². The maximum atomic E-state index is 10.8. The molecular weight excluding hydrogens is 210 g/mol. The smallest absolute Gasteiger partial charge is 0.326 e. The number of aromatic nitrogens is 2. The van der Waals surface area contributed by atoms with Gasteiger partial charge in [-0.2, -0.15) is 4.98 Å². The topological polar surface area (TPSA) is 84.3 Å². The Kier molecular flexibility index (Phi) is 4.04.